The van der Waals surface area contributed by atoms with Gasteiger partial charge in [0, 0.05) is 23.8 Å². The average Bonchev–Trinajstić information content (AvgIpc) is 2.38. The Labute approximate surface area is 105 Å². The Morgan fingerprint density at radius 1 is 1.24 bits per heavy atom. The first kappa shape index (κ1) is 11.9. The number of nitrogens with zero attached hydrogens (tertiary/aromatic N) is 3. The molecule has 4 nitrogen and oxygen atoms in total. The molecule has 0 saturated heterocycles. The summed E-state index contributed by atoms with van der Waals surface area (Å²) in [4.78, 5) is 13.5. The zero-order chi connectivity index (χ0) is 11.9. The first-order chi connectivity index (χ1) is 8.38. The van der Waals surface area contributed by atoms with Crippen molar-refractivity contribution < 1.29 is 0 Å². The molecule has 2 aromatic rings. The molecular formula is C12H14N4S. The molecule has 0 aliphatic rings. The van der Waals surface area contributed by atoms with Gasteiger partial charge in [-0.3, -0.25) is 0 Å². The van der Waals surface area contributed by atoms with Crippen LogP contribution in [0.5, 0.6) is 0 Å². The summed E-state index contributed by atoms with van der Waals surface area (Å²) in [6.07, 6.45) is 6.19. The second-order valence-electron chi connectivity index (χ2n) is 3.45. The minimum atomic E-state index is 0.908. The third-order valence-corrected chi connectivity index (χ3v) is 3.01. The highest BCUT2D eigenvalue weighted by atomic mass is 32.2. The Balaban J connectivity index is 2.06. The minimum absolute atomic E-state index is 0.908. The molecule has 0 aromatic carbocycles. The van der Waals surface area contributed by atoms with Gasteiger partial charge in [0.1, 0.15) is 17.2 Å². The molecule has 0 aliphatic carbocycles. The number of pyridine rings is 1. The van der Waals surface area contributed by atoms with Gasteiger partial charge in [0.25, 0.3) is 0 Å². The molecule has 2 rings (SSSR count). The Kier molecular flexibility index (Phi) is 4.32. The number of nitrogens with one attached hydrogen (secondary N) is 1. The van der Waals surface area contributed by atoms with E-state index in [1.807, 2.05) is 24.4 Å². The normalized spacial score (nSPS) is 10.2. The van der Waals surface area contributed by atoms with Crippen LogP contribution in [0.2, 0.25) is 0 Å². The van der Waals surface area contributed by atoms with Crippen LogP contribution in [0.1, 0.15) is 13.3 Å². The smallest absolute Gasteiger partial charge is 0.127 e. The predicted molar refractivity (Wildman–Crippen MR) is 69.2 cm³/mol. The van der Waals surface area contributed by atoms with Crippen molar-refractivity contribution in [2.45, 2.75) is 23.3 Å². The third kappa shape index (κ3) is 3.71. The monoisotopic (exact) mass is 246 g/mol. The second kappa shape index (κ2) is 6.20. The Morgan fingerprint density at radius 2 is 2.18 bits per heavy atom. The lowest BCUT2D eigenvalue weighted by atomic mass is 10.4. The van der Waals surface area contributed by atoms with E-state index in [1.54, 1.807) is 24.3 Å². The molecule has 2 heterocycles. The lowest BCUT2D eigenvalue weighted by Gasteiger charge is -2.05. The van der Waals surface area contributed by atoms with Gasteiger partial charge in [-0.2, -0.15) is 0 Å². The topological polar surface area (TPSA) is 50.7 Å². The van der Waals surface area contributed by atoms with Crippen LogP contribution in [0, 0.1) is 0 Å². The Hall–Kier alpha value is -1.62. The van der Waals surface area contributed by atoms with E-state index in [-0.39, 0.29) is 0 Å². The van der Waals surface area contributed by atoms with E-state index in [0.29, 0.717) is 0 Å². The zero-order valence-electron chi connectivity index (χ0n) is 9.63. The molecule has 0 radical (unpaired) electrons. The van der Waals surface area contributed by atoms with E-state index in [2.05, 4.69) is 27.2 Å². The highest BCUT2D eigenvalue weighted by Crippen LogP contribution is 2.26. The molecule has 0 unspecified atom stereocenters. The van der Waals surface area contributed by atoms with Crippen molar-refractivity contribution in [2.24, 2.45) is 0 Å². The highest BCUT2D eigenvalue weighted by Gasteiger charge is 2.00. The van der Waals surface area contributed by atoms with E-state index >= 15 is 0 Å². The molecule has 0 saturated carbocycles. The fourth-order valence-electron chi connectivity index (χ4n) is 1.28. The third-order valence-electron chi connectivity index (χ3n) is 2.06. The molecule has 17 heavy (non-hydrogen) atoms. The summed E-state index contributed by atoms with van der Waals surface area (Å²) in [6, 6.07) is 5.90. The standard InChI is InChI=1S/C12H14N4S/c1-2-5-14-11-8-10(3-7-15-11)17-12-4-6-13-9-16-12/h3-4,6-9H,2,5H2,1H3,(H,14,15). The SMILES string of the molecule is CCCNc1cc(Sc2ccncn2)ccn1. The van der Waals surface area contributed by atoms with E-state index in [1.165, 1.54) is 0 Å². The summed E-state index contributed by atoms with van der Waals surface area (Å²) in [5, 5.41) is 4.20. The number of hydrogen-bond donors (Lipinski definition) is 1. The molecule has 0 spiro atoms. The van der Waals surface area contributed by atoms with Crippen LogP contribution in [0.4, 0.5) is 5.82 Å². The van der Waals surface area contributed by atoms with Crippen LogP contribution in [0.25, 0.3) is 0 Å². The average molecular weight is 246 g/mol. The summed E-state index contributed by atoms with van der Waals surface area (Å²) < 4.78 is 0. The van der Waals surface area contributed by atoms with Crippen molar-refractivity contribution in [3.05, 3.63) is 36.9 Å². The molecule has 0 bridgehead atoms. The molecule has 0 fully saturated rings. The molecule has 88 valence electrons. The van der Waals surface area contributed by atoms with Crippen LogP contribution in [-0.4, -0.2) is 21.5 Å². The largest absolute Gasteiger partial charge is 0.370 e. The lowest BCUT2D eigenvalue weighted by Crippen LogP contribution is -2.01. The fourth-order valence-corrected chi connectivity index (χ4v) is 2.05. The molecule has 0 atom stereocenters. The number of anilines is 1. The summed E-state index contributed by atoms with van der Waals surface area (Å²) in [5.74, 6) is 0.908. The summed E-state index contributed by atoms with van der Waals surface area (Å²) in [6.45, 7) is 3.07. The fraction of sp³-hybridized carbons (Fsp3) is 0.250. The lowest BCUT2D eigenvalue weighted by molar-refractivity contribution is 0.967. The second-order valence-corrected chi connectivity index (χ2v) is 4.55. The van der Waals surface area contributed by atoms with Crippen LogP contribution in [0.15, 0.2) is 46.8 Å². The van der Waals surface area contributed by atoms with Gasteiger partial charge in [-0.15, -0.1) is 0 Å². The van der Waals surface area contributed by atoms with Crippen molar-refractivity contribution in [2.75, 3.05) is 11.9 Å². The maximum absolute atomic E-state index is 4.26. The van der Waals surface area contributed by atoms with Crippen molar-refractivity contribution in [1.82, 2.24) is 15.0 Å². The van der Waals surface area contributed by atoms with E-state index in [4.69, 9.17) is 0 Å². The zero-order valence-corrected chi connectivity index (χ0v) is 10.4. The molecule has 0 amide bonds. The van der Waals surface area contributed by atoms with Crippen LogP contribution in [0.3, 0.4) is 0 Å². The number of aromatic nitrogens is 3. The molecule has 1 N–H and O–H groups in total. The van der Waals surface area contributed by atoms with Gasteiger partial charge in [0.05, 0.1) is 0 Å². The predicted octanol–water partition coefficient (Wildman–Crippen LogP) is 2.84. The van der Waals surface area contributed by atoms with Crippen LogP contribution >= 0.6 is 11.8 Å². The summed E-state index contributed by atoms with van der Waals surface area (Å²) in [7, 11) is 0. The van der Waals surface area contributed by atoms with E-state index < -0.39 is 0 Å². The van der Waals surface area contributed by atoms with Crippen molar-refractivity contribution in [1.29, 1.82) is 0 Å². The first-order valence-corrected chi connectivity index (χ1v) is 6.34. The van der Waals surface area contributed by atoms with Crippen molar-refractivity contribution in [3.63, 3.8) is 0 Å². The summed E-state index contributed by atoms with van der Waals surface area (Å²) in [5.41, 5.74) is 0. The maximum Gasteiger partial charge on any atom is 0.127 e. The van der Waals surface area contributed by atoms with Crippen LogP contribution < -0.4 is 5.32 Å². The van der Waals surface area contributed by atoms with Gasteiger partial charge in [0.2, 0.25) is 0 Å². The van der Waals surface area contributed by atoms with E-state index in [0.717, 1.165) is 28.7 Å². The maximum atomic E-state index is 4.26. The first-order valence-electron chi connectivity index (χ1n) is 5.52. The van der Waals surface area contributed by atoms with Gasteiger partial charge in [-0.25, -0.2) is 15.0 Å². The quantitative estimate of drug-likeness (QED) is 0.822. The molecule has 5 heteroatoms. The van der Waals surface area contributed by atoms with Gasteiger partial charge < -0.3 is 5.32 Å². The van der Waals surface area contributed by atoms with Gasteiger partial charge in [-0.1, -0.05) is 18.7 Å². The van der Waals surface area contributed by atoms with Crippen molar-refractivity contribution in [3.8, 4) is 0 Å². The minimum Gasteiger partial charge on any atom is -0.370 e. The molecular weight excluding hydrogens is 232 g/mol. The van der Waals surface area contributed by atoms with Crippen molar-refractivity contribution >= 4 is 17.6 Å². The van der Waals surface area contributed by atoms with Gasteiger partial charge in [-0.05, 0) is 24.6 Å². The van der Waals surface area contributed by atoms with Crippen LogP contribution in [-0.2, 0) is 0 Å². The number of hydrogen-bond acceptors (Lipinski definition) is 5. The summed E-state index contributed by atoms with van der Waals surface area (Å²) >= 11 is 1.60. The number of rotatable bonds is 5. The molecule has 2 aromatic heterocycles. The van der Waals surface area contributed by atoms with E-state index in [9.17, 15) is 0 Å². The van der Waals surface area contributed by atoms with Gasteiger partial charge in [0.15, 0.2) is 0 Å². The Morgan fingerprint density at radius 3 is 2.94 bits per heavy atom. The molecule has 0 aliphatic heterocycles. The Bertz CT molecular complexity index is 461. The highest BCUT2D eigenvalue weighted by molar-refractivity contribution is 7.99. The van der Waals surface area contributed by atoms with Gasteiger partial charge >= 0.3 is 0 Å².